The summed E-state index contributed by atoms with van der Waals surface area (Å²) in [7, 11) is 4.05. The van der Waals surface area contributed by atoms with E-state index in [1.165, 1.54) is 11.1 Å². The van der Waals surface area contributed by atoms with Crippen molar-refractivity contribution in [3.05, 3.63) is 23.4 Å². The van der Waals surface area contributed by atoms with Crippen molar-refractivity contribution in [3.8, 4) is 11.4 Å². The molecule has 1 aliphatic heterocycles. The molecule has 0 spiro atoms. The fourth-order valence-corrected chi connectivity index (χ4v) is 4.50. The molecule has 0 atom stereocenters. The normalized spacial score (nSPS) is 17.2. The highest BCUT2D eigenvalue weighted by molar-refractivity contribution is 5.68. The minimum Gasteiger partial charge on any atom is -0.444 e. The molecule has 8 heteroatoms. The quantitative estimate of drug-likeness (QED) is 0.771. The lowest BCUT2D eigenvalue weighted by Crippen LogP contribution is -2.47. The third-order valence-electron chi connectivity index (χ3n) is 6.08. The second-order valence-electron chi connectivity index (χ2n) is 9.33. The smallest absolute Gasteiger partial charge is 0.410 e. The first-order valence-corrected chi connectivity index (χ1v) is 10.8. The molecule has 2 aromatic heterocycles. The van der Waals surface area contributed by atoms with Crippen LogP contribution in [0.5, 0.6) is 0 Å². The van der Waals surface area contributed by atoms with Crippen LogP contribution >= 0.6 is 0 Å². The van der Waals surface area contributed by atoms with Crippen LogP contribution in [0, 0.1) is 0 Å². The van der Waals surface area contributed by atoms with Crippen LogP contribution in [0.25, 0.3) is 11.4 Å². The molecule has 0 N–H and O–H groups in total. The van der Waals surface area contributed by atoms with Crippen molar-refractivity contribution < 1.29 is 9.53 Å². The summed E-state index contributed by atoms with van der Waals surface area (Å²) in [6.07, 6.45) is 6.58. The average Bonchev–Trinajstić information content (AvgIpc) is 3.35. The maximum Gasteiger partial charge on any atom is 0.410 e. The Labute approximate surface area is 178 Å². The van der Waals surface area contributed by atoms with E-state index in [0.29, 0.717) is 19.1 Å². The van der Waals surface area contributed by atoms with Gasteiger partial charge in [0.15, 0.2) is 5.82 Å². The highest BCUT2D eigenvalue weighted by Gasteiger charge is 2.31. The predicted molar refractivity (Wildman–Crippen MR) is 115 cm³/mol. The van der Waals surface area contributed by atoms with E-state index in [0.717, 1.165) is 49.3 Å². The Bertz CT molecular complexity index is 924. The zero-order valence-corrected chi connectivity index (χ0v) is 18.7. The lowest BCUT2D eigenvalue weighted by Gasteiger charge is -2.38. The Balaban J connectivity index is 1.49. The van der Waals surface area contributed by atoms with Crippen LogP contribution in [0.3, 0.4) is 0 Å². The number of carbonyl (C=O) groups excluding carboxylic acids is 1. The van der Waals surface area contributed by atoms with Crippen molar-refractivity contribution in [2.45, 2.75) is 64.5 Å². The first kappa shape index (κ1) is 20.6. The Morgan fingerprint density at radius 1 is 1.17 bits per heavy atom. The number of likely N-dealkylation sites (tertiary alicyclic amines) is 1. The lowest BCUT2D eigenvalue weighted by molar-refractivity contribution is 0.0205. The molecule has 1 amide bonds. The summed E-state index contributed by atoms with van der Waals surface area (Å²) in [4.78, 5) is 16.4. The van der Waals surface area contributed by atoms with Crippen LogP contribution < -0.4 is 4.90 Å². The third-order valence-corrected chi connectivity index (χ3v) is 6.08. The molecule has 2 aromatic rings. The van der Waals surface area contributed by atoms with Crippen molar-refractivity contribution in [2.24, 2.45) is 7.05 Å². The molecule has 30 heavy (non-hydrogen) atoms. The lowest BCUT2D eigenvalue weighted by atomic mass is 10.0. The van der Waals surface area contributed by atoms with E-state index in [9.17, 15) is 4.79 Å². The molecule has 0 unspecified atom stereocenters. The van der Waals surface area contributed by atoms with Gasteiger partial charge < -0.3 is 14.5 Å². The van der Waals surface area contributed by atoms with Gasteiger partial charge in [0.25, 0.3) is 0 Å². The number of aryl methyl sites for hydroxylation is 1. The molecule has 0 saturated carbocycles. The zero-order chi connectivity index (χ0) is 21.5. The van der Waals surface area contributed by atoms with Crippen molar-refractivity contribution in [1.29, 1.82) is 0 Å². The zero-order valence-electron chi connectivity index (χ0n) is 18.7. The highest BCUT2D eigenvalue weighted by atomic mass is 16.6. The highest BCUT2D eigenvalue weighted by Crippen LogP contribution is 2.36. The molecule has 0 bridgehead atoms. The van der Waals surface area contributed by atoms with E-state index >= 15 is 0 Å². The van der Waals surface area contributed by atoms with Gasteiger partial charge in [-0.15, -0.1) is 10.2 Å². The van der Waals surface area contributed by atoms with Crippen molar-refractivity contribution in [1.82, 2.24) is 24.9 Å². The Morgan fingerprint density at radius 3 is 2.50 bits per heavy atom. The van der Waals surface area contributed by atoms with Crippen molar-refractivity contribution >= 4 is 11.9 Å². The number of aromatic nitrogens is 4. The molecular weight excluding hydrogens is 380 g/mol. The monoisotopic (exact) mass is 412 g/mol. The summed E-state index contributed by atoms with van der Waals surface area (Å²) in [6.45, 7) is 7.11. The van der Waals surface area contributed by atoms with Gasteiger partial charge in [0.1, 0.15) is 11.3 Å². The fourth-order valence-electron chi connectivity index (χ4n) is 4.50. The van der Waals surface area contributed by atoms with E-state index in [4.69, 9.17) is 4.74 Å². The summed E-state index contributed by atoms with van der Waals surface area (Å²) in [5.41, 5.74) is 4.14. The van der Waals surface area contributed by atoms with E-state index in [-0.39, 0.29) is 6.09 Å². The number of fused-ring (bicyclic) bond motifs is 1. The number of nitrogens with zero attached hydrogens (tertiary/aromatic N) is 6. The van der Waals surface area contributed by atoms with Gasteiger partial charge in [-0.3, -0.25) is 4.68 Å². The predicted octanol–water partition coefficient (Wildman–Crippen LogP) is 3.20. The van der Waals surface area contributed by atoms with Crippen LogP contribution in [0.1, 0.15) is 51.2 Å². The summed E-state index contributed by atoms with van der Waals surface area (Å²) in [6, 6.07) is 2.34. The molecule has 8 nitrogen and oxygen atoms in total. The van der Waals surface area contributed by atoms with E-state index < -0.39 is 5.60 Å². The fraction of sp³-hybridized carbons (Fsp3) is 0.636. The van der Waals surface area contributed by atoms with Gasteiger partial charge in [-0.25, -0.2) is 4.79 Å². The van der Waals surface area contributed by atoms with Gasteiger partial charge in [0.2, 0.25) is 0 Å². The number of ether oxygens (including phenoxy) is 1. The van der Waals surface area contributed by atoms with Gasteiger partial charge in [0.05, 0.1) is 5.69 Å². The molecule has 1 aliphatic carbocycles. The maximum atomic E-state index is 12.4. The largest absolute Gasteiger partial charge is 0.444 e. The molecule has 0 radical (unpaired) electrons. The van der Waals surface area contributed by atoms with Gasteiger partial charge >= 0.3 is 6.09 Å². The Hall–Kier alpha value is -2.64. The number of amides is 1. The van der Waals surface area contributed by atoms with Gasteiger partial charge in [-0.1, -0.05) is 0 Å². The van der Waals surface area contributed by atoms with Crippen LogP contribution in [0.15, 0.2) is 12.3 Å². The summed E-state index contributed by atoms with van der Waals surface area (Å²) in [5, 5.41) is 13.6. The van der Waals surface area contributed by atoms with Crippen LogP contribution in [0.2, 0.25) is 0 Å². The summed E-state index contributed by atoms with van der Waals surface area (Å²) >= 11 is 0. The third kappa shape index (κ3) is 4.00. The van der Waals surface area contributed by atoms with E-state index in [2.05, 4.69) is 27.2 Å². The molecule has 0 aromatic carbocycles. The molecular formula is C22H32N6O2. The first-order valence-electron chi connectivity index (χ1n) is 10.8. The van der Waals surface area contributed by atoms with Gasteiger partial charge in [-0.2, -0.15) is 5.10 Å². The Morgan fingerprint density at radius 2 is 1.87 bits per heavy atom. The van der Waals surface area contributed by atoms with E-state index in [1.54, 1.807) is 6.20 Å². The molecule has 1 fully saturated rings. The summed E-state index contributed by atoms with van der Waals surface area (Å²) < 4.78 is 7.38. The molecule has 1 saturated heterocycles. The van der Waals surface area contributed by atoms with Crippen LogP contribution in [-0.2, 0) is 24.6 Å². The van der Waals surface area contributed by atoms with E-state index in [1.807, 2.05) is 43.5 Å². The second kappa shape index (κ2) is 7.89. The second-order valence-corrected chi connectivity index (χ2v) is 9.33. The van der Waals surface area contributed by atoms with Crippen molar-refractivity contribution in [2.75, 3.05) is 25.0 Å². The number of hydrogen-bond acceptors (Lipinski definition) is 6. The van der Waals surface area contributed by atoms with Crippen LogP contribution in [0.4, 0.5) is 10.6 Å². The molecule has 4 rings (SSSR count). The SMILES string of the molecule is CN(c1nnc(-c2ccnn2C)c2c1CCC2)C1CCN(C(=O)OC(C)(C)C)CC1. The molecule has 3 heterocycles. The standard InChI is InChI=1S/C22H32N6O2/c1-22(2,3)30-21(29)28-13-10-15(11-14-28)26(4)20-17-8-6-7-16(17)19(24-25-20)18-9-12-23-27(18)5/h9,12,15H,6-8,10-11,13-14H2,1-5H3. The Kier molecular flexibility index (Phi) is 5.42. The maximum absolute atomic E-state index is 12.4. The number of anilines is 1. The van der Waals surface area contributed by atoms with Crippen molar-refractivity contribution in [3.63, 3.8) is 0 Å². The minimum atomic E-state index is -0.462. The number of carbonyl (C=O) groups is 1. The number of hydrogen-bond donors (Lipinski definition) is 0. The van der Waals surface area contributed by atoms with Crippen LogP contribution in [-0.4, -0.2) is 62.8 Å². The average molecular weight is 413 g/mol. The number of piperidine rings is 1. The van der Waals surface area contributed by atoms with Gasteiger partial charge in [0, 0.05) is 45.0 Å². The first-order chi connectivity index (χ1) is 14.2. The molecule has 2 aliphatic rings. The minimum absolute atomic E-state index is 0.218. The molecule has 162 valence electrons. The number of rotatable bonds is 3. The summed E-state index contributed by atoms with van der Waals surface area (Å²) in [5.74, 6) is 0.990. The van der Waals surface area contributed by atoms with Gasteiger partial charge in [-0.05, 0) is 64.5 Å². The topological polar surface area (TPSA) is 76.4 Å².